The van der Waals surface area contributed by atoms with E-state index in [0.717, 1.165) is 35.7 Å². The molecule has 130 valence electrons. The largest absolute Gasteiger partial charge is 0.493 e. The number of fused-ring (bicyclic) bond motifs is 1. The third-order valence-corrected chi connectivity index (χ3v) is 4.91. The molecule has 3 nitrogen and oxygen atoms in total. The van der Waals surface area contributed by atoms with Gasteiger partial charge in [-0.05, 0) is 47.9 Å². The second kappa shape index (κ2) is 8.30. The average molecular weight is 389 g/mol. The lowest BCUT2D eigenvalue weighted by Gasteiger charge is -2.22. The second-order valence-electron chi connectivity index (χ2n) is 5.56. The van der Waals surface area contributed by atoms with Crippen molar-refractivity contribution in [3.63, 3.8) is 0 Å². The molecule has 0 saturated carbocycles. The Bertz CT molecular complexity index is 722. The summed E-state index contributed by atoms with van der Waals surface area (Å²) in [6.45, 7) is 1.71. The van der Waals surface area contributed by atoms with Crippen LogP contribution in [-0.2, 0) is 6.42 Å². The lowest BCUT2D eigenvalue weighted by Crippen LogP contribution is -2.20. The van der Waals surface area contributed by atoms with Gasteiger partial charge in [-0.15, -0.1) is 12.4 Å². The van der Waals surface area contributed by atoms with Crippen LogP contribution >= 0.6 is 35.6 Å². The summed E-state index contributed by atoms with van der Waals surface area (Å²) in [5.74, 6) is 1.42. The predicted molar refractivity (Wildman–Crippen MR) is 102 cm³/mol. The molecule has 0 amide bonds. The van der Waals surface area contributed by atoms with Crippen LogP contribution in [-0.4, -0.2) is 27.3 Å². The van der Waals surface area contributed by atoms with Crippen LogP contribution in [0, 0.1) is 0 Å². The van der Waals surface area contributed by atoms with Gasteiger partial charge in [0.1, 0.15) is 0 Å². The van der Waals surface area contributed by atoms with Crippen LogP contribution in [0.25, 0.3) is 0 Å². The molecule has 2 aromatic carbocycles. The molecular weight excluding hydrogens is 369 g/mol. The molecule has 0 fully saturated rings. The SMILES string of the molecule is COc1cc2c(c(Cl)c1OC)CCNCC2c1cccc(Cl)c1.Cl. The Morgan fingerprint density at radius 3 is 2.58 bits per heavy atom. The molecule has 1 unspecified atom stereocenters. The van der Waals surface area contributed by atoms with Crippen molar-refractivity contribution in [1.29, 1.82) is 0 Å². The maximum absolute atomic E-state index is 6.61. The number of methoxy groups -OCH3 is 2. The van der Waals surface area contributed by atoms with Crippen molar-refractivity contribution in [3.05, 3.63) is 57.1 Å². The molecule has 0 aliphatic carbocycles. The molecule has 6 heteroatoms. The number of hydrogen-bond donors (Lipinski definition) is 1. The zero-order chi connectivity index (χ0) is 16.4. The minimum atomic E-state index is 0. The summed E-state index contributed by atoms with van der Waals surface area (Å²) in [6.07, 6.45) is 0.853. The van der Waals surface area contributed by atoms with E-state index >= 15 is 0 Å². The minimum Gasteiger partial charge on any atom is -0.493 e. The number of rotatable bonds is 3. The summed E-state index contributed by atoms with van der Waals surface area (Å²) in [4.78, 5) is 0. The van der Waals surface area contributed by atoms with Gasteiger partial charge in [0.25, 0.3) is 0 Å². The number of ether oxygens (including phenoxy) is 2. The van der Waals surface area contributed by atoms with Gasteiger partial charge in [-0.25, -0.2) is 0 Å². The predicted octanol–water partition coefficient (Wildman–Crippen LogP) is 4.71. The summed E-state index contributed by atoms with van der Waals surface area (Å²) in [6, 6.07) is 10.0. The van der Waals surface area contributed by atoms with E-state index in [-0.39, 0.29) is 18.3 Å². The van der Waals surface area contributed by atoms with Crippen molar-refractivity contribution in [2.75, 3.05) is 27.3 Å². The zero-order valence-corrected chi connectivity index (χ0v) is 15.9. The Morgan fingerprint density at radius 2 is 1.92 bits per heavy atom. The molecule has 3 rings (SSSR count). The molecule has 1 aliphatic heterocycles. The molecule has 0 radical (unpaired) electrons. The van der Waals surface area contributed by atoms with Gasteiger partial charge in [-0.1, -0.05) is 35.3 Å². The van der Waals surface area contributed by atoms with Gasteiger partial charge < -0.3 is 14.8 Å². The lowest BCUT2D eigenvalue weighted by atomic mass is 9.87. The van der Waals surface area contributed by atoms with E-state index in [1.807, 2.05) is 24.3 Å². The molecule has 0 saturated heterocycles. The van der Waals surface area contributed by atoms with Crippen LogP contribution in [0.15, 0.2) is 30.3 Å². The highest BCUT2D eigenvalue weighted by atomic mass is 35.5. The van der Waals surface area contributed by atoms with Gasteiger partial charge in [-0.2, -0.15) is 0 Å². The van der Waals surface area contributed by atoms with E-state index in [9.17, 15) is 0 Å². The first kappa shape index (κ1) is 19.2. The molecular formula is C18H20Cl3NO2. The number of nitrogens with one attached hydrogen (secondary N) is 1. The summed E-state index contributed by atoms with van der Waals surface area (Å²) in [5.41, 5.74) is 3.44. The van der Waals surface area contributed by atoms with Crippen molar-refractivity contribution in [2.24, 2.45) is 0 Å². The fourth-order valence-corrected chi connectivity index (χ4v) is 3.74. The summed E-state index contributed by atoms with van der Waals surface area (Å²) in [7, 11) is 3.24. The molecule has 1 heterocycles. The van der Waals surface area contributed by atoms with E-state index < -0.39 is 0 Å². The molecule has 0 bridgehead atoms. The molecule has 1 aliphatic rings. The van der Waals surface area contributed by atoms with Crippen LogP contribution in [0.4, 0.5) is 0 Å². The Balaban J connectivity index is 0.00000208. The molecule has 0 spiro atoms. The van der Waals surface area contributed by atoms with E-state index in [1.54, 1.807) is 14.2 Å². The Kier molecular flexibility index (Phi) is 6.64. The van der Waals surface area contributed by atoms with Crippen molar-refractivity contribution >= 4 is 35.6 Å². The molecule has 1 N–H and O–H groups in total. The zero-order valence-electron chi connectivity index (χ0n) is 13.6. The maximum Gasteiger partial charge on any atom is 0.179 e. The van der Waals surface area contributed by atoms with Gasteiger partial charge in [0.2, 0.25) is 0 Å². The Morgan fingerprint density at radius 1 is 1.12 bits per heavy atom. The second-order valence-corrected chi connectivity index (χ2v) is 6.37. The number of halogens is 3. The first-order valence-electron chi connectivity index (χ1n) is 7.55. The van der Waals surface area contributed by atoms with E-state index in [4.69, 9.17) is 32.7 Å². The Hall–Kier alpha value is -1.13. The van der Waals surface area contributed by atoms with E-state index in [1.165, 1.54) is 5.56 Å². The maximum atomic E-state index is 6.61. The third kappa shape index (κ3) is 3.60. The van der Waals surface area contributed by atoms with Crippen molar-refractivity contribution in [3.8, 4) is 11.5 Å². The first-order chi connectivity index (χ1) is 11.2. The molecule has 1 atom stereocenters. The minimum absolute atomic E-state index is 0. The highest BCUT2D eigenvalue weighted by Gasteiger charge is 2.26. The lowest BCUT2D eigenvalue weighted by molar-refractivity contribution is 0.354. The van der Waals surface area contributed by atoms with E-state index in [2.05, 4.69) is 11.4 Å². The number of benzene rings is 2. The van der Waals surface area contributed by atoms with Crippen molar-refractivity contribution < 1.29 is 9.47 Å². The molecule has 24 heavy (non-hydrogen) atoms. The van der Waals surface area contributed by atoms with Gasteiger partial charge in [-0.3, -0.25) is 0 Å². The van der Waals surface area contributed by atoms with Gasteiger partial charge in [0, 0.05) is 17.5 Å². The molecule has 2 aromatic rings. The van der Waals surface area contributed by atoms with E-state index in [0.29, 0.717) is 16.5 Å². The molecule has 0 aromatic heterocycles. The van der Waals surface area contributed by atoms with Crippen molar-refractivity contribution in [1.82, 2.24) is 5.32 Å². The van der Waals surface area contributed by atoms with Gasteiger partial charge in [0.05, 0.1) is 19.2 Å². The third-order valence-electron chi connectivity index (χ3n) is 4.27. The average Bonchev–Trinajstić information content (AvgIpc) is 2.77. The highest BCUT2D eigenvalue weighted by molar-refractivity contribution is 6.33. The fraction of sp³-hybridized carbons (Fsp3) is 0.333. The smallest absolute Gasteiger partial charge is 0.179 e. The quantitative estimate of drug-likeness (QED) is 0.826. The topological polar surface area (TPSA) is 30.5 Å². The summed E-state index contributed by atoms with van der Waals surface area (Å²) in [5, 5.41) is 4.85. The van der Waals surface area contributed by atoms with Gasteiger partial charge in [0.15, 0.2) is 11.5 Å². The van der Waals surface area contributed by atoms with Crippen LogP contribution in [0.2, 0.25) is 10.0 Å². The van der Waals surface area contributed by atoms with Crippen LogP contribution < -0.4 is 14.8 Å². The fourth-order valence-electron chi connectivity index (χ4n) is 3.16. The first-order valence-corrected chi connectivity index (χ1v) is 8.30. The summed E-state index contributed by atoms with van der Waals surface area (Å²) < 4.78 is 10.9. The standard InChI is InChI=1S/C18H19Cl2NO2.ClH/c1-22-16-9-14-13(17(20)18(16)23-2)6-7-21-10-15(14)11-4-3-5-12(19)8-11;/h3-5,8-9,15,21H,6-7,10H2,1-2H3;1H. The number of hydrogen-bond acceptors (Lipinski definition) is 3. The summed E-state index contributed by atoms with van der Waals surface area (Å²) >= 11 is 12.8. The van der Waals surface area contributed by atoms with Crippen LogP contribution in [0.3, 0.4) is 0 Å². The Labute approximate surface area is 158 Å². The monoisotopic (exact) mass is 387 g/mol. The van der Waals surface area contributed by atoms with Gasteiger partial charge >= 0.3 is 0 Å². The van der Waals surface area contributed by atoms with Crippen LogP contribution in [0.1, 0.15) is 22.6 Å². The van der Waals surface area contributed by atoms with Crippen LogP contribution in [0.5, 0.6) is 11.5 Å². The highest BCUT2D eigenvalue weighted by Crippen LogP contribution is 2.44. The van der Waals surface area contributed by atoms with Crippen molar-refractivity contribution in [2.45, 2.75) is 12.3 Å². The normalized spacial score (nSPS) is 16.6.